The lowest BCUT2D eigenvalue weighted by molar-refractivity contribution is -0.133. The van der Waals surface area contributed by atoms with Crippen molar-refractivity contribution in [3.8, 4) is 0 Å². The molecule has 26 heavy (non-hydrogen) atoms. The maximum absolute atomic E-state index is 12.8. The zero-order valence-corrected chi connectivity index (χ0v) is 16.0. The molecule has 0 radical (unpaired) electrons. The van der Waals surface area contributed by atoms with Gasteiger partial charge in [-0.15, -0.1) is 0 Å². The first kappa shape index (κ1) is 19.3. The molecular weight excluding hydrogens is 330 g/mol. The van der Waals surface area contributed by atoms with Crippen LogP contribution in [0.15, 0.2) is 24.4 Å². The molecule has 1 amide bonds. The summed E-state index contributed by atoms with van der Waals surface area (Å²) >= 11 is 0. The molecule has 0 aliphatic carbocycles. The number of hydrogen-bond donors (Lipinski definition) is 0. The number of pyridine rings is 1. The number of ether oxygens (including phenoxy) is 2. The summed E-state index contributed by atoms with van der Waals surface area (Å²) in [6.07, 6.45) is 3.87. The van der Waals surface area contributed by atoms with E-state index in [1.807, 2.05) is 23.1 Å². The van der Waals surface area contributed by atoms with E-state index in [0.717, 1.165) is 44.8 Å². The average Bonchev–Trinajstić information content (AvgIpc) is 2.81. The molecule has 3 heterocycles. The molecule has 2 fully saturated rings. The first-order valence-electron chi connectivity index (χ1n) is 9.73. The lowest BCUT2D eigenvalue weighted by Gasteiger charge is -2.30. The Morgan fingerprint density at radius 1 is 1.27 bits per heavy atom. The van der Waals surface area contributed by atoms with Crippen LogP contribution in [0.1, 0.15) is 32.4 Å². The molecule has 2 aliphatic rings. The Hall–Kier alpha value is -1.50. The number of carbonyl (C=O) groups is 1. The number of rotatable bonds is 6. The maximum atomic E-state index is 12.8. The van der Waals surface area contributed by atoms with Gasteiger partial charge in [0.25, 0.3) is 0 Å². The summed E-state index contributed by atoms with van der Waals surface area (Å²) in [7, 11) is 0. The molecule has 1 aromatic heterocycles. The molecule has 0 spiro atoms. The highest BCUT2D eigenvalue weighted by Crippen LogP contribution is 2.19. The van der Waals surface area contributed by atoms with E-state index in [9.17, 15) is 4.79 Å². The van der Waals surface area contributed by atoms with Crippen LogP contribution < -0.4 is 0 Å². The predicted molar refractivity (Wildman–Crippen MR) is 99.6 cm³/mol. The summed E-state index contributed by atoms with van der Waals surface area (Å²) in [4.78, 5) is 21.4. The van der Waals surface area contributed by atoms with Crippen LogP contribution in [-0.2, 0) is 20.9 Å². The van der Waals surface area contributed by atoms with Crippen LogP contribution >= 0.6 is 0 Å². The largest absolute Gasteiger partial charge is 0.381 e. The molecule has 144 valence electrons. The summed E-state index contributed by atoms with van der Waals surface area (Å²) in [5.41, 5.74) is 0.926. The van der Waals surface area contributed by atoms with Crippen molar-refractivity contribution in [1.82, 2.24) is 14.8 Å². The van der Waals surface area contributed by atoms with Crippen molar-refractivity contribution in [3.63, 3.8) is 0 Å². The molecule has 1 unspecified atom stereocenters. The standard InChI is InChI=1S/C20H31N3O3/c1-16(2)22-12-19(26-15-18-5-3-4-8-21-18)13-23(20(24)14-22)11-17-6-9-25-10-7-17/h3-5,8,16-17,19H,6-7,9-15H2,1-2H3. The molecule has 6 heteroatoms. The monoisotopic (exact) mass is 361 g/mol. The highest BCUT2D eigenvalue weighted by Gasteiger charge is 2.31. The van der Waals surface area contributed by atoms with Crippen molar-refractivity contribution >= 4 is 5.91 Å². The third-order valence-electron chi connectivity index (χ3n) is 5.30. The van der Waals surface area contributed by atoms with Crippen LogP contribution in [0.5, 0.6) is 0 Å². The number of carbonyl (C=O) groups excluding carboxylic acids is 1. The van der Waals surface area contributed by atoms with Gasteiger partial charge in [0.1, 0.15) is 0 Å². The van der Waals surface area contributed by atoms with E-state index >= 15 is 0 Å². The van der Waals surface area contributed by atoms with E-state index in [1.165, 1.54) is 0 Å². The molecule has 1 aromatic rings. The Morgan fingerprint density at radius 3 is 2.77 bits per heavy atom. The van der Waals surface area contributed by atoms with Gasteiger partial charge in [0, 0.05) is 45.1 Å². The van der Waals surface area contributed by atoms with Crippen LogP contribution in [0.4, 0.5) is 0 Å². The van der Waals surface area contributed by atoms with Gasteiger partial charge in [-0.1, -0.05) is 6.07 Å². The first-order valence-corrected chi connectivity index (χ1v) is 9.73. The Bertz CT molecular complexity index is 561. The van der Waals surface area contributed by atoms with E-state index in [2.05, 4.69) is 23.7 Å². The second-order valence-corrected chi connectivity index (χ2v) is 7.63. The van der Waals surface area contributed by atoms with Crippen molar-refractivity contribution in [2.24, 2.45) is 5.92 Å². The summed E-state index contributed by atoms with van der Waals surface area (Å²) in [5.74, 6) is 0.754. The topological polar surface area (TPSA) is 54.9 Å². The van der Waals surface area contributed by atoms with Crippen molar-refractivity contribution in [1.29, 1.82) is 0 Å². The summed E-state index contributed by atoms with van der Waals surface area (Å²) < 4.78 is 11.6. The Kier molecular flexibility index (Phi) is 7.00. The minimum absolute atomic E-state index is 0.00527. The molecule has 6 nitrogen and oxygen atoms in total. The molecule has 0 saturated carbocycles. The molecular formula is C20H31N3O3. The quantitative estimate of drug-likeness (QED) is 0.775. The van der Waals surface area contributed by atoms with Gasteiger partial charge in [0.15, 0.2) is 0 Å². The third kappa shape index (κ3) is 5.50. The molecule has 2 saturated heterocycles. The molecule has 0 N–H and O–H groups in total. The third-order valence-corrected chi connectivity index (χ3v) is 5.30. The highest BCUT2D eigenvalue weighted by atomic mass is 16.5. The number of nitrogens with zero attached hydrogens (tertiary/aromatic N) is 3. The lowest BCUT2D eigenvalue weighted by Crippen LogP contribution is -2.42. The first-order chi connectivity index (χ1) is 12.6. The molecule has 2 aliphatic heterocycles. The van der Waals surface area contributed by atoms with Gasteiger partial charge in [-0.2, -0.15) is 0 Å². The average molecular weight is 361 g/mol. The summed E-state index contributed by atoms with van der Waals surface area (Å²) in [6.45, 7) is 9.11. The molecule has 0 aromatic carbocycles. The predicted octanol–water partition coefficient (Wildman–Crippen LogP) is 1.95. The Labute approximate surface area is 156 Å². The SMILES string of the molecule is CC(C)N1CC(=O)N(CC2CCOCC2)CC(OCc2ccccn2)C1. The Balaban J connectivity index is 1.64. The summed E-state index contributed by atoms with van der Waals surface area (Å²) in [6, 6.07) is 6.18. The van der Waals surface area contributed by atoms with E-state index in [-0.39, 0.29) is 12.0 Å². The smallest absolute Gasteiger partial charge is 0.236 e. The van der Waals surface area contributed by atoms with Gasteiger partial charge in [-0.05, 0) is 44.7 Å². The van der Waals surface area contributed by atoms with Gasteiger partial charge in [-0.25, -0.2) is 0 Å². The minimum Gasteiger partial charge on any atom is -0.381 e. The zero-order chi connectivity index (χ0) is 18.4. The van der Waals surface area contributed by atoms with Gasteiger partial charge in [0.2, 0.25) is 5.91 Å². The van der Waals surface area contributed by atoms with E-state index < -0.39 is 0 Å². The summed E-state index contributed by atoms with van der Waals surface area (Å²) in [5, 5.41) is 0. The highest BCUT2D eigenvalue weighted by molar-refractivity contribution is 5.78. The van der Waals surface area contributed by atoms with Crippen molar-refractivity contribution < 1.29 is 14.3 Å². The van der Waals surface area contributed by atoms with E-state index in [1.54, 1.807) is 6.20 Å². The van der Waals surface area contributed by atoms with Gasteiger partial charge in [-0.3, -0.25) is 14.7 Å². The Morgan fingerprint density at radius 2 is 2.08 bits per heavy atom. The number of amides is 1. The molecule has 1 atom stereocenters. The van der Waals surface area contributed by atoms with Crippen molar-refractivity contribution in [2.45, 2.75) is 45.4 Å². The van der Waals surface area contributed by atoms with Crippen LogP contribution in [0.3, 0.4) is 0 Å². The minimum atomic E-state index is 0.00527. The molecule has 3 rings (SSSR count). The normalized spacial score (nSPS) is 23.4. The second-order valence-electron chi connectivity index (χ2n) is 7.63. The fourth-order valence-corrected chi connectivity index (χ4v) is 3.61. The van der Waals surface area contributed by atoms with Gasteiger partial charge >= 0.3 is 0 Å². The van der Waals surface area contributed by atoms with Gasteiger partial charge in [0.05, 0.1) is 24.9 Å². The maximum Gasteiger partial charge on any atom is 0.236 e. The van der Waals surface area contributed by atoms with E-state index in [0.29, 0.717) is 31.7 Å². The molecule has 0 bridgehead atoms. The number of aromatic nitrogens is 1. The number of hydrogen-bond acceptors (Lipinski definition) is 5. The second kappa shape index (κ2) is 9.44. The van der Waals surface area contributed by atoms with Crippen LogP contribution in [0, 0.1) is 5.92 Å². The fraction of sp³-hybridized carbons (Fsp3) is 0.700. The lowest BCUT2D eigenvalue weighted by atomic mass is 9.99. The van der Waals surface area contributed by atoms with Crippen LogP contribution in [-0.4, -0.2) is 72.2 Å². The van der Waals surface area contributed by atoms with Crippen LogP contribution in [0.25, 0.3) is 0 Å². The van der Waals surface area contributed by atoms with Crippen molar-refractivity contribution in [2.75, 3.05) is 39.4 Å². The van der Waals surface area contributed by atoms with Crippen molar-refractivity contribution in [3.05, 3.63) is 30.1 Å². The van der Waals surface area contributed by atoms with E-state index in [4.69, 9.17) is 9.47 Å². The van der Waals surface area contributed by atoms with Gasteiger partial charge < -0.3 is 14.4 Å². The fourth-order valence-electron chi connectivity index (χ4n) is 3.61. The van der Waals surface area contributed by atoms with Crippen LogP contribution in [0.2, 0.25) is 0 Å². The zero-order valence-electron chi connectivity index (χ0n) is 16.0.